The third-order valence-electron chi connectivity index (χ3n) is 3.78. The van der Waals surface area contributed by atoms with Gasteiger partial charge in [0, 0.05) is 44.3 Å². The molecule has 9 heteroatoms. The monoisotopic (exact) mass is 329 g/mol. The zero-order valence-electron chi connectivity index (χ0n) is 12.3. The predicted octanol–water partition coefficient (Wildman–Crippen LogP) is 0.762. The molecule has 21 heavy (non-hydrogen) atoms. The van der Waals surface area contributed by atoms with Gasteiger partial charge >= 0.3 is 0 Å². The zero-order chi connectivity index (χ0) is 15.2. The molecule has 116 valence electrons. The minimum Gasteiger partial charge on any atom is -0.371 e. The molecule has 0 amide bonds. The van der Waals surface area contributed by atoms with Gasteiger partial charge in [0.15, 0.2) is 15.8 Å². The van der Waals surface area contributed by atoms with Crippen LogP contribution in [0.5, 0.6) is 0 Å². The van der Waals surface area contributed by atoms with Crippen LogP contribution in [-0.4, -0.2) is 66.8 Å². The molecule has 2 aromatic heterocycles. The third-order valence-corrected chi connectivity index (χ3v) is 6.57. The smallest absolute Gasteiger partial charge is 0.263 e. The summed E-state index contributed by atoms with van der Waals surface area (Å²) in [6.45, 7) is 3.92. The van der Waals surface area contributed by atoms with Gasteiger partial charge in [0.25, 0.3) is 10.0 Å². The van der Waals surface area contributed by atoms with Crippen LogP contribution >= 0.6 is 11.3 Å². The minimum atomic E-state index is -3.58. The number of aromatic nitrogens is 2. The highest BCUT2D eigenvalue weighted by molar-refractivity contribution is 7.89. The van der Waals surface area contributed by atoms with Crippen molar-refractivity contribution in [2.24, 2.45) is 0 Å². The molecule has 1 unspecified atom stereocenters. The third kappa shape index (κ3) is 2.33. The Hall–Kier alpha value is -1.16. The Morgan fingerprint density at radius 2 is 2.19 bits per heavy atom. The number of likely N-dealkylation sites (N-methyl/N-ethyl adjacent to an activating group) is 1. The molecule has 0 spiro atoms. The number of rotatable bonds is 3. The number of imidazole rings is 1. The van der Waals surface area contributed by atoms with Crippen molar-refractivity contribution in [2.75, 3.05) is 39.0 Å². The lowest BCUT2D eigenvalue weighted by atomic mass is 10.2. The van der Waals surface area contributed by atoms with Crippen molar-refractivity contribution >= 4 is 32.1 Å². The molecule has 1 aliphatic heterocycles. The lowest BCUT2D eigenvalue weighted by molar-refractivity contribution is 0.170. The first-order valence-corrected chi connectivity index (χ1v) is 9.11. The number of hydrogen-bond acceptors (Lipinski definition) is 6. The predicted molar refractivity (Wildman–Crippen MR) is 83.5 cm³/mol. The van der Waals surface area contributed by atoms with Crippen LogP contribution < -0.4 is 5.32 Å². The molecular weight excluding hydrogens is 310 g/mol. The average molecular weight is 329 g/mol. The van der Waals surface area contributed by atoms with Crippen molar-refractivity contribution in [1.29, 1.82) is 0 Å². The molecule has 1 fully saturated rings. The van der Waals surface area contributed by atoms with E-state index in [-0.39, 0.29) is 11.1 Å². The van der Waals surface area contributed by atoms with Crippen molar-refractivity contribution in [3.05, 3.63) is 11.6 Å². The first-order valence-electron chi connectivity index (χ1n) is 6.79. The van der Waals surface area contributed by atoms with E-state index in [1.807, 2.05) is 19.4 Å². The minimum absolute atomic E-state index is 0.0531. The molecule has 3 heterocycles. The van der Waals surface area contributed by atoms with Crippen LogP contribution in [0.4, 0.5) is 5.82 Å². The molecular formula is C12H19N5O2S2. The van der Waals surface area contributed by atoms with Crippen LogP contribution in [0.3, 0.4) is 0 Å². The van der Waals surface area contributed by atoms with E-state index >= 15 is 0 Å². The summed E-state index contributed by atoms with van der Waals surface area (Å²) in [5, 5.41) is 4.97. The Kier molecular flexibility index (Phi) is 3.68. The second kappa shape index (κ2) is 5.24. The summed E-state index contributed by atoms with van der Waals surface area (Å²) >= 11 is 1.42. The summed E-state index contributed by atoms with van der Waals surface area (Å²) < 4.78 is 29.4. The normalized spacial score (nSPS) is 22.0. The van der Waals surface area contributed by atoms with Crippen molar-refractivity contribution in [2.45, 2.75) is 18.0 Å². The Labute approximate surface area is 128 Å². The van der Waals surface area contributed by atoms with Gasteiger partial charge in [-0.2, -0.15) is 4.31 Å². The van der Waals surface area contributed by atoms with E-state index in [1.54, 1.807) is 22.0 Å². The molecule has 0 saturated carbocycles. The van der Waals surface area contributed by atoms with Crippen molar-refractivity contribution < 1.29 is 8.42 Å². The van der Waals surface area contributed by atoms with Crippen molar-refractivity contribution in [3.8, 4) is 0 Å². The second-order valence-corrected chi connectivity index (χ2v) is 7.98. The zero-order valence-corrected chi connectivity index (χ0v) is 13.9. The Morgan fingerprint density at radius 1 is 1.43 bits per heavy atom. The van der Waals surface area contributed by atoms with Crippen molar-refractivity contribution in [3.63, 3.8) is 0 Å². The Balaban J connectivity index is 2.09. The Bertz CT molecular complexity index is 751. The highest BCUT2D eigenvalue weighted by atomic mass is 32.2. The largest absolute Gasteiger partial charge is 0.371 e. The average Bonchev–Trinajstić information content (AvgIpc) is 2.96. The summed E-state index contributed by atoms with van der Waals surface area (Å²) in [7, 11) is 0.123. The standard InChI is InChI=1S/C12H19N5O2S2/c1-9-8-15(3)4-5-17(9)21(18,19)11-10(13-2)14-12-16(11)6-7-20-12/h6-7,9,13H,4-5,8H2,1-3H3. The van der Waals surface area contributed by atoms with E-state index in [0.29, 0.717) is 17.3 Å². The van der Waals surface area contributed by atoms with Gasteiger partial charge in [-0.05, 0) is 14.0 Å². The fraction of sp³-hybridized carbons (Fsp3) is 0.583. The van der Waals surface area contributed by atoms with Crippen LogP contribution in [0.1, 0.15) is 6.92 Å². The van der Waals surface area contributed by atoms with Gasteiger partial charge < -0.3 is 10.2 Å². The summed E-state index contributed by atoms with van der Waals surface area (Å²) in [6, 6.07) is -0.0531. The summed E-state index contributed by atoms with van der Waals surface area (Å²) in [5.74, 6) is 0.410. The fourth-order valence-corrected chi connectivity index (χ4v) is 5.41. The van der Waals surface area contributed by atoms with Crippen LogP contribution in [0, 0.1) is 0 Å². The first-order chi connectivity index (χ1) is 9.95. The molecule has 0 aromatic carbocycles. The lowest BCUT2D eigenvalue weighted by Crippen LogP contribution is -2.52. The van der Waals surface area contributed by atoms with E-state index in [1.165, 1.54) is 11.3 Å². The van der Waals surface area contributed by atoms with E-state index < -0.39 is 10.0 Å². The Morgan fingerprint density at radius 3 is 2.86 bits per heavy atom. The summed E-state index contributed by atoms with van der Waals surface area (Å²) in [5.41, 5.74) is 0. The van der Waals surface area contributed by atoms with Gasteiger partial charge in [-0.3, -0.25) is 4.40 Å². The number of nitrogens with one attached hydrogen (secondary N) is 1. The lowest BCUT2D eigenvalue weighted by Gasteiger charge is -2.36. The molecule has 1 N–H and O–H groups in total. The maximum atomic E-state index is 13.1. The van der Waals surface area contributed by atoms with Crippen LogP contribution in [-0.2, 0) is 10.0 Å². The molecule has 1 saturated heterocycles. The quantitative estimate of drug-likeness (QED) is 0.900. The number of anilines is 1. The highest BCUT2D eigenvalue weighted by Gasteiger charge is 2.36. The number of nitrogens with zero attached hydrogens (tertiary/aromatic N) is 4. The first kappa shape index (κ1) is 14.8. The molecule has 7 nitrogen and oxygen atoms in total. The molecule has 0 radical (unpaired) electrons. The van der Waals surface area contributed by atoms with Crippen LogP contribution in [0.25, 0.3) is 4.96 Å². The van der Waals surface area contributed by atoms with E-state index in [4.69, 9.17) is 0 Å². The maximum absolute atomic E-state index is 13.1. The van der Waals surface area contributed by atoms with Crippen molar-refractivity contribution in [1.82, 2.24) is 18.6 Å². The van der Waals surface area contributed by atoms with Gasteiger partial charge in [-0.1, -0.05) is 0 Å². The van der Waals surface area contributed by atoms with Gasteiger partial charge in [0.2, 0.25) is 0 Å². The summed E-state index contributed by atoms with van der Waals surface area (Å²) in [6.07, 6.45) is 1.75. The maximum Gasteiger partial charge on any atom is 0.263 e. The number of hydrogen-bond donors (Lipinski definition) is 1. The number of thiazole rings is 1. The van der Waals surface area contributed by atoms with E-state index in [0.717, 1.165) is 13.1 Å². The molecule has 2 aromatic rings. The number of sulfonamides is 1. The molecule has 0 bridgehead atoms. The van der Waals surface area contributed by atoms with Gasteiger partial charge in [0.05, 0.1) is 0 Å². The van der Waals surface area contributed by atoms with Gasteiger partial charge in [-0.15, -0.1) is 11.3 Å². The number of piperazine rings is 1. The van der Waals surface area contributed by atoms with Gasteiger partial charge in [0.1, 0.15) is 0 Å². The van der Waals surface area contributed by atoms with E-state index in [9.17, 15) is 8.42 Å². The fourth-order valence-electron chi connectivity index (χ4n) is 2.77. The second-order valence-electron chi connectivity index (χ2n) is 5.30. The van der Waals surface area contributed by atoms with Crippen LogP contribution in [0.2, 0.25) is 0 Å². The molecule has 3 rings (SSSR count). The van der Waals surface area contributed by atoms with E-state index in [2.05, 4.69) is 15.2 Å². The van der Waals surface area contributed by atoms with Crippen LogP contribution in [0.15, 0.2) is 16.6 Å². The summed E-state index contributed by atoms with van der Waals surface area (Å²) in [4.78, 5) is 7.17. The van der Waals surface area contributed by atoms with Gasteiger partial charge in [-0.25, -0.2) is 13.4 Å². The highest BCUT2D eigenvalue weighted by Crippen LogP contribution is 2.29. The molecule has 0 aliphatic carbocycles. The molecule has 1 aliphatic rings. The number of fused-ring (bicyclic) bond motifs is 1. The topological polar surface area (TPSA) is 70.0 Å². The SMILES string of the molecule is CNc1nc2sccn2c1S(=O)(=O)N1CCN(C)CC1C. The molecule has 1 atom stereocenters.